The molecule has 2 aromatic carbocycles. The topological polar surface area (TPSA) is 257 Å². The van der Waals surface area contributed by atoms with Gasteiger partial charge in [0, 0.05) is 36.6 Å². The number of hydrogen-bond acceptors (Lipinski definition) is 7. The predicted octanol–water partition coefficient (Wildman–Crippen LogP) is -1.19. The van der Waals surface area contributed by atoms with Crippen molar-refractivity contribution in [3.63, 3.8) is 0 Å². The molecule has 0 spiro atoms. The Balaban J connectivity index is 1.36. The number of guanidine groups is 1. The van der Waals surface area contributed by atoms with E-state index in [1.807, 2.05) is 24.3 Å². The second kappa shape index (κ2) is 16.9. The zero-order chi connectivity index (χ0) is 35.5. The fraction of sp³-hybridized carbons (Fsp3) is 0.333. The predicted molar refractivity (Wildman–Crippen MR) is 181 cm³/mol. The van der Waals surface area contributed by atoms with E-state index in [9.17, 15) is 28.4 Å². The molecule has 5 amide bonds. The van der Waals surface area contributed by atoms with E-state index in [-0.39, 0.29) is 38.3 Å². The first-order valence-corrected chi connectivity index (χ1v) is 15.7. The summed E-state index contributed by atoms with van der Waals surface area (Å²) in [6, 6.07) is 8.82. The molecule has 0 aliphatic carbocycles. The van der Waals surface area contributed by atoms with E-state index in [0.29, 0.717) is 12.0 Å². The van der Waals surface area contributed by atoms with Crippen molar-refractivity contribution in [2.24, 2.45) is 27.9 Å². The van der Waals surface area contributed by atoms with E-state index >= 15 is 0 Å². The van der Waals surface area contributed by atoms with Gasteiger partial charge in [-0.15, -0.1) is 0 Å². The van der Waals surface area contributed by atoms with Crippen LogP contribution in [0.5, 0.6) is 0 Å². The lowest BCUT2D eigenvalue weighted by atomic mass is 10.0. The number of H-pyrrole nitrogens is 1. The van der Waals surface area contributed by atoms with Gasteiger partial charge in [-0.25, -0.2) is 4.39 Å². The van der Waals surface area contributed by atoms with Gasteiger partial charge in [0.2, 0.25) is 29.5 Å². The van der Waals surface area contributed by atoms with Crippen molar-refractivity contribution in [1.29, 1.82) is 0 Å². The number of hydrogen-bond donors (Lipinski definition) is 8. The van der Waals surface area contributed by atoms with Gasteiger partial charge in [0.25, 0.3) is 0 Å². The minimum absolute atomic E-state index is 0.0922. The summed E-state index contributed by atoms with van der Waals surface area (Å²) in [6.07, 6.45) is 5.53. The van der Waals surface area contributed by atoms with Crippen molar-refractivity contribution in [3.05, 3.63) is 83.8 Å². The molecule has 16 heteroatoms. The lowest BCUT2D eigenvalue weighted by Crippen LogP contribution is -2.56. The molecular weight excluding hydrogens is 635 g/mol. The number of carbonyl (C=O) groups is 5. The van der Waals surface area contributed by atoms with Crippen molar-refractivity contribution in [3.8, 4) is 0 Å². The van der Waals surface area contributed by atoms with Gasteiger partial charge in [-0.05, 0) is 48.6 Å². The Labute approximate surface area is 281 Å². The van der Waals surface area contributed by atoms with Crippen LogP contribution in [0.2, 0.25) is 0 Å². The van der Waals surface area contributed by atoms with E-state index in [2.05, 4.69) is 25.9 Å². The number of carbonyl (C=O) groups excluding carboxylic acids is 5. The third-order valence-corrected chi connectivity index (χ3v) is 7.97. The van der Waals surface area contributed by atoms with E-state index in [1.54, 1.807) is 12.3 Å². The third-order valence-electron chi connectivity index (χ3n) is 7.97. The summed E-state index contributed by atoms with van der Waals surface area (Å²) >= 11 is 0. The molecule has 260 valence electrons. The van der Waals surface area contributed by atoms with Crippen LogP contribution in [0, 0.1) is 5.82 Å². The Morgan fingerprint density at radius 2 is 1.71 bits per heavy atom. The number of para-hydroxylation sites is 1. The van der Waals surface area contributed by atoms with Crippen LogP contribution in [-0.2, 0) is 36.8 Å². The van der Waals surface area contributed by atoms with Crippen LogP contribution in [0.3, 0.4) is 0 Å². The highest BCUT2D eigenvalue weighted by molar-refractivity contribution is 5.96. The summed E-state index contributed by atoms with van der Waals surface area (Å²) in [5, 5.41) is 8.58. The minimum Gasteiger partial charge on any atom is -0.370 e. The highest BCUT2D eigenvalue weighted by Gasteiger charge is 2.35. The number of nitrogens with one attached hydrogen (secondary N) is 4. The molecule has 1 aliphatic rings. The minimum atomic E-state index is -1.13. The van der Waals surface area contributed by atoms with Gasteiger partial charge in [0.1, 0.15) is 23.9 Å². The van der Waals surface area contributed by atoms with Crippen molar-refractivity contribution < 1.29 is 28.4 Å². The number of aromatic amines is 1. The van der Waals surface area contributed by atoms with E-state index in [1.165, 1.54) is 35.2 Å². The molecule has 4 rings (SSSR count). The van der Waals surface area contributed by atoms with Gasteiger partial charge >= 0.3 is 0 Å². The maximum atomic E-state index is 13.4. The van der Waals surface area contributed by atoms with Crippen molar-refractivity contribution in [2.45, 2.75) is 49.9 Å². The summed E-state index contributed by atoms with van der Waals surface area (Å²) < 4.78 is 13.3. The molecule has 3 aromatic rings. The highest BCUT2D eigenvalue weighted by Crippen LogP contribution is 2.19. The maximum absolute atomic E-state index is 13.4. The van der Waals surface area contributed by atoms with Crippen LogP contribution >= 0.6 is 0 Å². The molecule has 1 aliphatic heterocycles. The van der Waals surface area contributed by atoms with Crippen LogP contribution < -0.4 is 38.9 Å². The molecule has 2 heterocycles. The monoisotopic (exact) mass is 676 g/mol. The molecule has 1 aromatic heterocycles. The van der Waals surface area contributed by atoms with Crippen molar-refractivity contribution >= 4 is 46.4 Å². The smallest absolute Gasteiger partial charge is 0.247 e. The Kier molecular flexibility index (Phi) is 12.4. The SMILES string of the molecule is NC(=O)[C@H](Cc1c[nH]c2ccccc12)NC(=O)CNC(=O)[C@H](CCCN=C(N)N)NC(=O)[C@@H]1C=CCN1C(=O)[C@@H](N)Cc1ccc(F)cc1. The Bertz CT molecular complexity index is 1720. The Morgan fingerprint density at radius 1 is 0.980 bits per heavy atom. The lowest BCUT2D eigenvalue weighted by molar-refractivity contribution is -0.139. The van der Waals surface area contributed by atoms with Crippen LogP contribution in [0.15, 0.2) is 71.9 Å². The number of aromatic nitrogens is 1. The van der Waals surface area contributed by atoms with Crippen molar-refractivity contribution in [2.75, 3.05) is 19.6 Å². The first-order chi connectivity index (χ1) is 23.4. The average molecular weight is 677 g/mol. The van der Waals surface area contributed by atoms with E-state index in [0.717, 1.165) is 16.5 Å². The number of aliphatic imine (C=N–C) groups is 1. The molecule has 15 nitrogen and oxygen atoms in total. The van der Waals surface area contributed by atoms with Crippen LogP contribution in [-0.4, -0.2) is 89.2 Å². The van der Waals surface area contributed by atoms with Gasteiger partial charge in [-0.2, -0.15) is 0 Å². The van der Waals surface area contributed by atoms with Gasteiger partial charge in [0.15, 0.2) is 5.96 Å². The second-order valence-electron chi connectivity index (χ2n) is 11.6. The zero-order valence-electron chi connectivity index (χ0n) is 26.7. The normalized spacial score (nSPS) is 15.6. The van der Waals surface area contributed by atoms with E-state index in [4.69, 9.17) is 22.9 Å². The second-order valence-corrected chi connectivity index (χ2v) is 11.6. The number of nitrogens with zero attached hydrogens (tertiary/aromatic N) is 2. The summed E-state index contributed by atoms with van der Waals surface area (Å²) in [5.74, 6) is -3.82. The first kappa shape index (κ1) is 36.1. The standard InChI is InChI=1S/C33H41FN10O5/c34-21-11-9-19(10-12-21)15-23(35)32(49)44-14-4-8-27(44)31(48)43-25(7-3-13-39-33(37)38)30(47)41-18-28(45)42-26(29(36)46)16-20-17-40-24-6-2-1-5-22(20)24/h1-2,4-6,8-12,17,23,25-27,40H,3,7,13-16,18,35H2,(H2,36,46)(H,41,47)(H,42,45)(H,43,48)(H4,37,38,39)/t23-,25-,26-,27-/m0/s1. The third kappa shape index (κ3) is 10.1. The molecule has 0 bridgehead atoms. The number of halogens is 1. The molecule has 4 atom stereocenters. The summed E-state index contributed by atoms with van der Waals surface area (Å²) in [7, 11) is 0. The van der Waals surface area contributed by atoms with Crippen LogP contribution in [0.1, 0.15) is 24.0 Å². The number of benzene rings is 2. The summed E-state index contributed by atoms with van der Waals surface area (Å²) in [5.41, 5.74) is 24.8. The fourth-order valence-corrected chi connectivity index (χ4v) is 5.46. The highest BCUT2D eigenvalue weighted by atomic mass is 19.1. The Hall–Kier alpha value is -5.77. The van der Waals surface area contributed by atoms with Gasteiger partial charge in [0.05, 0.1) is 12.6 Å². The number of nitrogens with two attached hydrogens (primary N) is 4. The molecule has 0 unspecified atom stereocenters. The fourth-order valence-electron chi connectivity index (χ4n) is 5.46. The zero-order valence-corrected chi connectivity index (χ0v) is 26.7. The summed E-state index contributed by atoms with van der Waals surface area (Å²) in [4.78, 5) is 73.2. The maximum Gasteiger partial charge on any atom is 0.247 e. The summed E-state index contributed by atoms with van der Waals surface area (Å²) in [6.45, 7) is -0.221. The molecule has 49 heavy (non-hydrogen) atoms. The number of amides is 5. The average Bonchev–Trinajstić information content (AvgIpc) is 3.73. The van der Waals surface area contributed by atoms with E-state index < -0.39 is 66.1 Å². The molecule has 0 radical (unpaired) electrons. The largest absolute Gasteiger partial charge is 0.370 e. The van der Waals surface area contributed by atoms with Gasteiger partial charge in [-0.3, -0.25) is 29.0 Å². The van der Waals surface area contributed by atoms with Gasteiger partial charge < -0.3 is 48.8 Å². The first-order valence-electron chi connectivity index (χ1n) is 15.7. The van der Waals surface area contributed by atoms with Crippen molar-refractivity contribution in [1.82, 2.24) is 25.8 Å². The number of fused-ring (bicyclic) bond motifs is 1. The number of rotatable bonds is 16. The lowest BCUT2D eigenvalue weighted by Gasteiger charge is -2.28. The molecule has 12 N–H and O–H groups in total. The van der Waals surface area contributed by atoms with Crippen LogP contribution in [0.4, 0.5) is 4.39 Å². The molecular formula is C33H41FN10O5. The Morgan fingerprint density at radius 3 is 2.43 bits per heavy atom. The molecule has 0 saturated heterocycles. The molecule has 0 fully saturated rings. The van der Waals surface area contributed by atoms with Crippen LogP contribution in [0.25, 0.3) is 10.9 Å². The quantitative estimate of drug-likeness (QED) is 0.0395. The number of primary amides is 1. The molecule has 0 saturated carbocycles. The van der Waals surface area contributed by atoms with Gasteiger partial charge in [-0.1, -0.05) is 42.5 Å².